The van der Waals surface area contributed by atoms with Crippen molar-refractivity contribution in [3.8, 4) is 0 Å². The summed E-state index contributed by atoms with van der Waals surface area (Å²) in [7, 11) is 0. The van der Waals surface area contributed by atoms with E-state index in [2.05, 4.69) is 6.92 Å². The first-order valence-electron chi connectivity index (χ1n) is 5.82. The number of furan rings is 1. The molecule has 1 saturated heterocycles. The van der Waals surface area contributed by atoms with Crippen molar-refractivity contribution < 1.29 is 9.21 Å². The summed E-state index contributed by atoms with van der Waals surface area (Å²) >= 11 is 0. The quantitative estimate of drug-likeness (QED) is 0.829. The van der Waals surface area contributed by atoms with E-state index in [-0.39, 0.29) is 5.91 Å². The number of rotatable bonds is 2. The van der Waals surface area contributed by atoms with E-state index in [1.54, 1.807) is 12.1 Å². The molecule has 1 fully saturated rings. The molecular formula is C12H18N2O2. The van der Waals surface area contributed by atoms with Crippen molar-refractivity contribution in [1.29, 1.82) is 0 Å². The Kier molecular flexibility index (Phi) is 3.29. The first-order chi connectivity index (χ1) is 7.72. The van der Waals surface area contributed by atoms with Crippen LogP contribution in [0.4, 0.5) is 0 Å². The molecule has 0 spiro atoms. The van der Waals surface area contributed by atoms with Gasteiger partial charge < -0.3 is 15.1 Å². The summed E-state index contributed by atoms with van der Waals surface area (Å²) in [6.45, 7) is 3.26. The number of piperidine rings is 1. The Bertz CT molecular complexity index is 373. The maximum Gasteiger partial charge on any atom is 0.289 e. The number of likely N-dealkylation sites (tertiary alicyclic amines) is 1. The van der Waals surface area contributed by atoms with Gasteiger partial charge in [-0.1, -0.05) is 0 Å². The highest BCUT2D eigenvalue weighted by Gasteiger charge is 2.26. The third-order valence-electron chi connectivity index (χ3n) is 3.14. The molecule has 0 aliphatic carbocycles. The smallest absolute Gasteiger partial charge is 0.289 e. The molecule has 0 radical (unpaired) electrons. The van der Waals surface area contributed by atoms with Crippen LogP contribution in [-0.2, 0) is 6.54 Å². The molecule has 16 heavy (non-hydrogen) atoms. The molecule has 1 amide bonds. The van der Waals surface area contributed by atoms with E-state index < -0.39 is 0 Å². The molecule has 1 aromatic heterocycles. The lowest BCUT2D eigenvalue weighted by Crippen LogP contribution is -2.41. The maximum absolute atomic E-state index is 12.1. The summed E-state index contributed by atoms with van der Waals surface area (Å²) in [6.07, 6.45) is 3.37. The molecule has 4 nitrogen and oxygen atoms in total. The highest BCUT2D eigenvalue weighted by molar-refractivity contribution is 5.91. The Labute approximate surface area is 95.4 Å². The van der Waals surface area contributed by atoms with Gasteiger partial charge in [0, 0.05) is 12.6 Å². The molecule has 0 bridgehead atoms. The van der Waals surface area contributed by atoms with Crippen LogP contribution in [0.25, 0.3) is 0 Å². The van der Waals surface area contributed by atoms with Gasteiger partial charge in [0.05, 0.1) is 6.54 Å². The van der Waals surface area contributed by atoms with Gasteiger partial charge in [0.2, 0.25) is 0 Å². The van der Waals surface area contributed by atoms with Crippen LogP contribution in [0, 0.1) is 0 Å². The van der Waals surface area contributed by atoms with Crippen molar-refractivity contribution in [3.63, 3.8) is 0 Å². The first kappa shape index (κ1) is 11.2. The zero-order valence-electron chi connectivity index (χ0n) is 9.61. The number of nitrogens with zero attached hydrogens (tertiary/aromatic N) is 1. The van der Waals surface area contributed by atoms with Gasteiger partial charge in [0.25, 0.3) is 5.91 Å². The van der Waals surface area contributed by atoms with Crippen LogP contribution in [0.3, 0.4) is 0 Å². The number of hydrogen-bond donors (Lipinski definition) is 1. The van der Waals surface area contributed by atoms with Crippen LogP contribution in [0.15, 0.2) is 16.5 Å². The Morgan fingerprint density at radius 2 is 2.38 bits per heavy atom. The summed E-state index contributed by atoms with van der Waals surface area (Å²) < 4.78 is 5.38. The van der Waals surface area contributed by atoms with Crippen molar-refractivity contribution in [3.05, 3.63) is 23.7 Å². The second-order valence-electron chi connectivity index (χ2n) is 4.31. The Hall–Kier alpha value is -1.29. The van der Waals surface area contributed by atoms with Crippen molar-refractivity contribution in [1.82, 2.24) is 4.90 Å². The van der Waals surface area contributed by atoms with E-state index in [0.717, 1.165) is 19.4 Å². The van der Waals surface area contributed by atoms with Crippen LogP contribution in [0.1, 0.15) is 42.5 Å². The number of amides is 1. The van der Waals surface area contributed by atoms with Crippen LogP contribution < -0.4 is 5.73 Å². The van der Waals surface area contributed by atoms with Crippen LogP contribution in [0.2, 0.25) is 0 Å². The third kappa shape index (κ3) is 2.11. The van der Waals surface area contributed by atoms with E-state index in [1.165, 1.54) is 6.42 Å². The molecule has 2 heterocycles. The molecule has 1 aliphatic heterocycles. The second kappa shape index (κ2) is 4.70. The van der Waals surface area contributed by atoms with Gasteiger partial charge in [-0.25, -0.2) is 0 Å². The average molecular weight is 222 g/mol. The summed E-state index contributed by atoms with van der Waals surface area (Å²) in [4.78, 5) is 14.0. The topological polar surface area (TPSA) is 59.5 Å². The molecule has 1 atom stereocenters. The molecule has 4 heteroatoms. The van der Waals surface area contributed by atoms with E-state index in [9.17, 15) is 4.79 Å². The summed E-state index contributed by atoms with van der Waals surface area (Å²) in [5.41, 5.74) is 5.45. The molecular weight excluding hydrogens is 204 g/mol. The highest BCUT2D eigenvalue weighted by Crippen LogP contribution is 2.20. The largest absolute Gasteiger partial charge is 0.455 e. The zero-order valence-corrected chi connectivity index (χ0v) is 9.61. The van der Waals surface area contributed by atoms with E-state index in [0.29, 0.717) is 24.1 Å². The first-order valence-corrected chi connectivity index (χ1v) is 5.82. The van der Waals surface area contributed by atoms with E-state index in [4.69, 9.17) is 10.2 Å². The fraction of sp³-hybridized carbons (Fsp3) is 0.583. The van der Waals surface area contributed by atoms with E-state index >= 15 is 0 Å². The van der Waals surface area contributed by atoms with Crippen LogP contribution >= 0.6 is 0 Å². The minimum atomic E-state index is -0.00750. The van der Waals surface area contributed by atoms with Gasteiger partial charge in [-0.3, -0.25) is 4.79 Å². The number of carbonyl (C=O) groups is 1. The molecule has 0 aromatic carbocycles. The number of hydrogen-bond acceptors (Lipinski definition) is 3. The predicted octanol–water partition coefficient (Wildman–Crippen LogP) is 1.75. The SMILES string of the molecule is CC1CCCCN1C(=O)c1ccc(CN)o1. The van der Waals surface area contributed by atoms with Gasteiger partial charge in [-0.2, -0.15) is 0 Å². The van der Waals surface area contributed by atoms with Crippen LogP contribution in [0.5, 0.6) is 0 Å². The lowest BCUT2D eigenvalue weighted by Gasteiger charge is -2.32. The second-order valence-corrected chi connectivity index (χ2v) is 4.31. The van der Waals surface area contributed by atoms with Gasteiger partial charge in [-0.15, -0.1) is 0 Å². The molecule has 1 aromatic rings. The van der Waals surface area contributed by atoms with Crippen molar-refractivity contribution >= 4 is 5.91 Å². The van der Waals surface area contributed by atoms with Gasteiger partial charge in [-0.05, 0) is 38.3 Å². The summed E-state index contributed by atoms with van der Waals surface area (Å²) in [6, 6.07) is 3.79. The molecule has 88 valence electrons. The minimum absolute atomic E-state index is 0.00750. The van der Waals surface area contributed by atoms with Gasteiger partial charge in [0.1, 0.15) is 5.76 Å². The predicted molar refractivity (Wildman–Crippen MR) is 60.9 cm³/mol. The molecule has 0 saturated carbocycles. The van der Waals surface area contributed by atoms with E-state index in [1.807, 2.05) is 4.90 Å². The molecule has 1 unspecified atom stereocenters. The lowest BCUT2D eigenvalue weighted by atomic mass is 10.0. The third-order valence-corrected chi connectivity index (χ3v) is 3.14. The van der Waals surface area contributed by atoms with Crippen LogP contribution in [-0.4, -0.2) is 23.4 Å². The standard InChI is InChI=1S/C12H18N2O2/c1-9-4-2-3-7-14(9)12(15)11-6-5-10(8-13)16-11/h5-6,9H,2-4,7-8,13H2,1H3. The van der Waals surface area contributed by atoms with Crippen molar-refractivity contribution in [2.24, 2.45) is 5.73 Å². The van der Waals surface area contributed by atoms with Gasteiger partial charge in [0.15, 0.2) is 5.76 Å². The zero-order chi connectivity index (χ0) is 11.5. The minimum Gasteiger partial charge on any atom is -0.455 e. The van der Waals surface area contributed by atoms with Crippen molar-refractivity contribution in [2.45, 2.75) is 38.8 Å². The number of nitrogens with two attached hydrogens (primary N) is 1. The van der Waals surface area contributed by atoms with Gasteiger partial charge >= 0.3 is 0 Å². The molecule has 2 rings (SSSR count). The average Bonchev–Trinajstić information content (AvgIpc) is 2.77. The van der Waals surface area contributed by atoms with Crippen molar-refractivity contribution in [2.75, 3.05) is 6.54 Å². The molecule has 1 aliphatic rings. The summed E-state index contributed by atoms with van der Waals surface area (Å²) in [5.74, 6) is 1.06. The highest BCUT2D eigenvalue weighted by atomic mass is 16.4. The lowest BCUT2D eigenvalue weighted by molar-refractivity contribution is 0.0601. The summed E-state index contributed by atoms with van der Waals surface area (Å²) in [5, 5.41) is 0. The monoisotopic (exact) mass is 222 g/mol. The fourth-order valence-corrected chi connectivity index (χ4v) is 2.14. The molecule has 2 N–H and O–H groups in total. The Morgan fingerprint density at radius 1 is 1.56 bits per heavy atom. The Balaban J connectivity index is 2.11. The normalized spacial score (nSPS) is 21.1. The number of carbonyl (C=O) groups excluding carboxylic acids is 1. The maximum atomic E-state index is 12.1. The Morgan fingerprint density at radius 3 is 3.00 bits per heavy atom. The fourth-order valence-electron chi connectivity index (χ4n) is 2.14.